The monoisotopic (exact) mass is 285 g/mol. The molecule has 2 aromatic heterocycles. The Balaban J connectivity index is 1.99. The lowest BCUT2D eigenvalue weighted by Gasteiger charge is -2.08. The first-order valence-electron chi connectivity index (χ1n) is 6.22. The quantitative estimate of drug-likeness (QED) is 0.689. The fourth-order valence-corrected chi connectivity index (χ4v) is 1.90. The molecule has 0 aliphatic heterocycles. The number of aromatic amines is 1. The molecule has 0 fully saturated rings. The summed E-state index contributed by atoms with van der Waals surface area (Å²) >= 11 is 0. The third-order valence-corrected chi connectivity index (χ3v) is 2.95. The van der Waals surface area contributed by atoms with Crippen molar-refractivity contribution in [3.8, 4) is 17.0 Å². The molecule has 7 heteroatoms. The van der Waals surface area contributed by atoms with Gasteiger partial charge in [0.1, 0.15) is 0 Å². The summed E-state index contributed by atoms with van der Waals surface area (Å²) < 4.78 is 13.5. The number of aromatic hydroxyl groups is 1. The van der Waals surface area contributed by atoms with E-state index in [4.69, 9.17) is 0 Å². The summed E-state index contributed by atoms with van der Waals surface area (Å²) in [5.41, 5.74) is 2.69. The lowest BCUT2D eigenvalue weighted by Crippen LogP contribution is -1.99. The van der Waals surface area contributed by atoms with E-state index in [1.165, 1.54) is 12.1 Å². The van der Waals surface area contributed by atoms with Crippen LogP contribution in [0.25, 0.3) is 11.3 Å². The summed E-state index contributed by atoms with van der Waals surface area (Å²) in [7, 11) is 0. The van der Waals surface area contributed by atoms with Gasteiger partial charge >= 0.3 is 0 Å². The van der Waals surface area contributed by atoms with Crippen LogP contribution in [-0.2, 0) is 0 Å². The Morgan fingerprint density at radius 1 is 1.29 bits per heavy atom. The molecule has 0 bridgehead atoms. The highest BCUT2D eigenvalue weighted by molar-refractivity contribution is 5.65. The van der Waals surface area contributed by atoms with Crippen LogP contribution < -0.4 is 5.32 Å². The minimum atomic E-state index is -0.685. The van der Waals surface area contributed by atoms with Gasteiger partial charge in [0.2, 0.25) is 5.95 Å². The number of H-pyrrole nitrogens is 1. The molecule has 0 spiro atoms. The van der Waals surface area contributed by atoms with Crippen LogP contribution in [-0.4, -0.2) is 25.3 Å². The normalized spacial score (nSPS) is 10.6. The molecule has 0 aliphatic carbocycles. The summed E-state index contributed by atoms with van der Waals surface area (Å²) in [5.74, 6) is -0.692. The number of nitrogens with zero attached hydrogens (tertiary/aromatic N) is 3. The van der Waals surface area contributed by atoms with Gasteiger partial charge in [-0.1, -0.05) is 0 Å². The van der Waals surface area contributed by atoms with Crippen LogP contribution in [0.2, 0.25) is 0 Å². The van der Waals surface area contributed by atoms with Gasteiger partial charge in [0.05, 0.1) is 17.6 Å². The van der Waals surface area contributed by atoms with Crippen LogP contribution in [0.15, 0.2) is 36.8 Å². The average Bonchev–Trinajstić information content (AvgIpc) is 2.97. The van der Waals surface area contributed by atoms with Crippen molar-refractivity contribution in [1.29, 1.82) is 0 Å². The van der Waals surface area contributed by atoms with E-state index in [0.29, 0.717) is 17.2 Å². The van der Waals surface area contributed by atoms with E-state index in [1.807, 2.05) is 6.92 Å². The summed E-state index contributed by atoms with van der Waals surface area (Å²) in [6.07, 6.45) is 4.92. The van der Waals surface area contributed by atoms with E-state index in [0.717, 1.165) is 11.3 Å². The zero-order chi connectivity index (χ0) is 14.8. The molecule has 0 radical (unpaired) electrons. The second-order valence-corrected chi connectivity index (χ2v) is 4.50. The molecule has 106 valence electrons. The van der Waals surface area contributed by atoms with E-state index in [2.05, 4.69) is 25.5 Å². The zero-order valence-electron chi connectivity index (χ0n) is 11.1. The fraction of sp³-hybridized carbons (Fsp3) is 0.0714. The molecular formula is C14H12FN5O. The molecule has 3 aromatic rings. The van der Waals surface area contributed by atoms with Gasteiger partial charge < -0.3 is 10.4 Å². The number of nitrogens with one attached hydrogen (secondary N) is 2. The van der Waals surface area contributed by atoms with Crippen molar-refractivity contribution in [3.05, 3.63) is 48.2 Å². The smallest absolute Gasteiger partial charge is 0.227 e. The molecule has 3 N–H and O–H groups in total. The Hall–Kier alpha value is -2.96. The van der Waals surface area contributed by atoms with Crippen LogP contribution in [0, 0.1) is 12.7 Å². The van der Waals surface area contributed by atoms with Crippen molar-refractivity contribution in [1.82, 2.24) is 20.2 Å². The van der Waals surface area contributed by atoms with E-state index in [9.17, 15) is 9.50 Å². The zero-order valence-corrected chi connectivity index (χ0v) is 11.1. The second kappa shape index (κ2) is 5.20. The first-order chi connectivity index (χ1) is 10.1. The van der Waals surface area contributed by atoms with Crippen molar-refractivity contribution >= 4 is 11.6 Å². The minimum Gasteiger partial charge on any atom is -0.505 e. The number of hydrogen-bond acceptors (Lipinski definition) is 5. The van der Waals surface area contributed by atoms with Gasteiger partial charge in [-0.05, 0) is 30.7 Å². The van der Waals surface area contributed by atoms with Crippen molar-refractivity contribution in [2.45, 2.75) is 6.92 Å². The largest absolute Gasteiger partial charge is 0.505 e. The van der Waals surface area contributed by atoms with Crippen LogP contribution >= 0.6 is 0 Å². The highest BCUT2D eigenvalue weighted by atomic mass is 19.1. The summed E-state index contributed by atoms with van der Waals surface area (Å²) in [6.45, 7) is 1.84. The van der Waals surface area contributed by atoms with Crippen LogP contribution in [0.3, 0.4) is 0 Å². The maximum atomic E-state index is 13.5. The van der Waals surface area contributed by atoms with Gasteiger partial charge in [0.15, 0.2) is 11.6 Å². The highest BCUT2D eigenvalue weighted by Gasteiger charge is 2.10. The van der Waals surface area contributed by atoms with Crippen LogP contribution in [0.1, 0.15) is 5.56 Å². The average molecular weight is 285 g/mol. The van der Waals surface area contributed by atoms with Gasteiger partial charge in [0, 0.05) is 18.0 Å². The molecule has 0 amide bonds. The number of aromatic nitrogens is 4. The van der Waals surface area contributed by atoms with Crippen molar-refractivity contribution < 1.29 is 9.50 Å². The lowest BCUT2D eigenvalue weighted by atomic mass is 10.1. The van der Waals surface area contributed by atoms with Crippen LogP contribution in [0.4, 0.5) is 16.0 Å². The topological polar surface area (TPSA) is 86.7 Å². The first-order valence-corrected chi connectivity index (χ1v) is 6.22. The van der Waals surface area contributed by atoms with Gasteiger partial charge in [-0.25, -0.2) is 14.4 Å². The van der Waals surface area contributed by atoms with E-state index < -0.39 is 5.82 Å². The predicted molar refractivity (Wildman–Crippen MR) is 75.7 cm³/mol. The van der Waals surface area contributed by atoms with Gasteiger partial charge in [-0.3, -0.25) is 5.10 Å². The summed E-state index contributed by atoms with van der Waals surface area (Å²) in [6, 6.07) is 4.15. The molecule has 0 aliphatic rings. The number of aryl methyl sites for hydroxylation is 1. The molecule has 0 atom stereocenters. The van der Waals surface area contributed by atoms with E-state index in [-0.39, 0.29) is 5.75 Å². The SMILES string of the molecule is Cc1cnc(Nc2cn[nH]c2)nc1-c1ccc(O)c(F)c1. The maximum Gasteiger partial charge on any atom is 0.227 e. The number of hydrogen-bond donors (Lipinski definition) is 3. The van der Waals surface area contributed by atoms with Crippen molar-refractivity contribution in [2.24, 2.45) is 0 Å². The Bertz CT molecular complexity index is 773. The number of anilines is 2. The number of halogens is 1. The minimum absolute atomic E-state index is 0.380. The van der Waals surface area contributed by atoms with Crippen LogP contribution in [0.5, 0.6) is 5.75 Å². The number of rotatable bonds is 3. The first kappa shape index (κ1) is 13.0. The standard InChI is InChI=1S/C14H12FN5O/c1-8-5-16-14(19-10-6-17-18-7-10)20-13(8)9-2-3-12(21)11(15)4-9/h2-7,21H,1H3,(H,17,18)(H,16,19,20). The summed E-state index contributed by atoms with van der Waals surface area (Å²) in [5, 5.41) is 18.7. The lowest BCUT2D eigenvalue weighted by molar-refractivity contribution is 0.432. The number of phenols is 1. The molecule has 6 nitrogen and oxygen atoms in total. The predicted octanol–water partition coefficient (Wildman–Crippen LogP) is 2.76. The number of phenolic OH excluding ortho intramolecular Hbond substituents is 1. The summed E-state index contributed by atoms with van der Waals surface area (Å²) in [4.78, 5) is 8.55. The second-order valence-electron chi connectivity index (χ2n) is 4.50. The Morgan fingerprint density at radius 3 is 2.86 bits per heavy atom. The van der Waals surface area contributed by atoms with E-state index >= 15 is 0 Å². The molecule has 2 heterocycles. The molecule has 3 rings (SSSR count). The Labute approximate surface area is 119 Å². The van der Waals surface area contributed by atoms with Crippen molar-refractivity contribution in [2.75, 3.05) is 5.32 Å². The third-order valence-electron chi connectivity index (χ3n) is 2.95. The maximum absolute atomic E-state index is 13.5. The molecular weight excluding hydrogens is 273 g/mol. The molecule has 0 saturated heterocycles. The van der Waals surface area contributed by atoms with Crippen molar-refractivity contribution in [3.63, 3.8) is 0 Å². The molecule has 1 aromatic carbocycles. The Morgan fingerprint density at radius 2 is 2.14 bits per heavy atom. The Kier molecular flexibility index (Phi) is 3.23. The molecule has 21 heavy (non-hydrogen) atoms. The van der Waals surface area contributed by atoms with Gasteiger partial charge in [0.25, 0.3) is 0 Å². The molecule has 0 unspecified atom stereocenters. The molecule has 0 saturated carbocycles. The van der Waals surface area contributed by atoms with Gasteiger partial charge in [-0.2, -0.15) is 5.10 Å². The van der Waals surface area contributed by atoms with E-state index in [1.54, 1.807) is 24.7 Å². The van der Waals surface area contributed by atoms with Gasteiger partial charge in [-0.15, -0.1) is 0 Å². The number of benzene rings is 1. The highest BCUT2D eigenvalue weighted by Crippen LogP contribution is 2.26. The fourth-order valence-electron chi connectivity index (χ4n) is 1.90. The third kappa shape index (κ3) is 2.66.